The fraction of sp³-hybridized carbons (Fsp3) is 0.500. The molecule has 1 aliphatic carbocycles. The Morgan fingerprint density at radius 3 is 2.30 bits per heavy atom. The van der Waals surface area contributed by atoms with E-state index in [4.69, 9.17) is 14.6 Å². The van der Waals surface area contributed by atoms with Crippen molar-refractivity contribution in [2.45, 2.75) is 32.2 Å². The van der Waals surface area contributed by atoms with Gasteiger partial charge < -0.3 is 19.7 Å². The molecule has 2 N–H and O–H groups in total. The van der Waals surface area contributed by atoms with Crippen LogP contribution in [-0.4, -0.2) is 41.4 Å². The molecule has 2 aliphatic rings. The summed E-state index contributed by atoms with van der Waals surface area (Å²) in [6.45, 7) is 6.70. The van der Waals surface area contributed by atoms with Crippen LogP contribution in [-0.2, 0) is 9.47 Å². The Balaban J connectivity index is 2.29. The monoisotopic (exact) mass is 278 g/mol. The molecule has 1 fully saturated rings. The topological polar surface area (TPSA) is 58.9 Å². The van der Waals surface area contributed by atoms with E-state index in [-0.39, 0.29) is 6.61 Å². The van der Waals surface area contributed by atoms with E-state index in [1.807, 2.05) is 32.9 Å². The number of hydrogen-bond acceptors (Lipinski definition) is 4. The number of hydrogen-bond donors (Lipinski definition) is 2. The minimum Gasteiger partial charge on any atom is -0.392 e. The molecule has 0 unspecified atom stereocenters. The summed E-state index contributed by atoms with van der Waals surface area (Å²) in [5, 5.41) is 19.7. The number of ether oxygens (including phenoxy) is 2. The first-order chi connectivity index (χ1) is 9.42. The predicted molar refractivity (Wildman–Crippen MR) is 77.1 cm³/mol. The third kappa shape index (κ3) is 2.79. The van der Waals surface area contributed by atoms with Gasteiger partial charge in [-0.15, -0.1) is 0 Å². The standard InChI is InChI=1S/C16H22O4/c1-12(5-7-17)4-6-16(18)13(2)10-15(11-14(16)3)19-8-9-20-15/h4-6,10-11,17-18H,7-9H2,1-3H3/b6-4+,12-5-. The van der Waals surface area contributed by atoms with Crippen LogP contribution in [0.2, 0.25) is 0 Å². The lowest BCUT2D eigenvalue weighted by Crippen LogP contribution is -2.39. The minimum absolute atomic E-state index is 0.0109. The van der Waals surface area contributed by atoms with E-state index in [9.17, 15) is 5.11 Å². The second-order valence-corrected chi connectivity index (χ2v) is 5.30. The molecule has 0 aromatic carbocycles. The van der Waals surface area contributed by atoms with Crippen molar-refractivity contribution in [1.82, 2.24) is 0 Å². The van der Waals surface area contributed by atoms with Gasteiger partial charge in [0.1, 0.15) is 5.60 Å². The molecule has 0 bridgehead atoms. The van der Waals surface area contributed by atoms with Gasteiger partial charge in [0.2, 0.25) is 5.79 Å². The van der Waals surface area contributed by atoms with E-state index in [0.29, 0.717) is 13.2 Å². The summed E-state index contributed by atoms with van der Waals surface area (Å²) in [4.78, 5) is 0. The van der Waals surface area contributed by atoms with Crippen LogP contribution in [0, 0.1) is 0 Å². The highest BCUT2D eigenvalue weighted by Gasteiger charge is 2.42. The van der Waals surface area contributed by atoms with Gasteiger partial charge in [-0.05, 0) is 50.1 Å². The normalized spacial score (nSPS) is 25.1. The average molecular weight is 278 g/mol. The Bertz CT molecular complexity index is 469. The highest BCUT2D eigenvalue weighted by molar-refractivity contribution is 5.45. The SMILES string of the molecule is CC1=CC2(C=C(C)C1(O)/C=C/C(C)=C\CO)OCCO2. The van der Waals surface area contributed by atoms with Gasteiger partial charge in [-0.1, -0.05) is 17.7 Å². The van der Waals surface area contributed by atoms with Crippen LogP contribution in [0.4, 0.5) is 0 Å². The maximum atomic E-state index is 10.8. The van der Waals surface area contributed by atoms with Crippen LogP contribution in [0.5, 0.6) is 0 Å². The van der Waals surface area contributed by atoms with Crippen molar-refractivity contribution < 1.29 is 19.7 Å². The highest BCUT2D eigenvalue weighted by atomic mass is 16.7. The highest BCUT2D eigenvalue weighted by Crippen LogP contribution is 2.39. The summed E-state index contributed by atoms with van der Waals surface area (Å²) in [6.07, 6.45) is 8.86. The zero-order valence-corrected chi connectivity index (χ0v) is 12.2. The molecule has 20 heavy (non-hydrogen) atoms. The van der Waals surface area contributed by atoms with Crippen molar-refractivity contribution in [2.75, 3.05) is 19.8 Å². The summed E-state index contributed by atoms with van der Waals surface area (Å²) in [6, 6.07) is 0. The second kappa shape index (κ2) is 5.66. The van der Waals surface area contributed by atoms with Crippen molar-refractivity contribution in [3.05, 3.63) is 47.1 Å². The van der Waals surface area contributed by atoms with Crippen molar-refractivity contribution in [3.63, 3.8) is 0 Å². The van der Waals surface area contributed by atoms with Crippen LogP contribution in [0.1, 0.15) is 20.8 Å². The fourth-order valence-electron chi connectivity index (χ4n) is 2.51. The van der Waals surface area contributed by atoms with E-state index >= 15 is 0 Å². The van der Waals surface area contributed by atoms with Crippen molar-refractivity contribution >= 4 is 0 Å². The molecule has 4 nitrogen and oxygen atoms in total. The molecule has 0 saturated carbocycles. The molecule has 4 heteroatoms. The van der Waals surface area contributed by atoms with Crippen LogP contribution in [0.25, 0.3) is 0 Å². The van der Waals surface area contributed by atoms with Crippen LogP contribution in [0.3, 0.4) is 0 Å². The Labute approximate surface area is 119 Å². The maximum absolute atomic E-state index is 10.8. The first kappa shape index (κ1) is 15.2. The molecule has 1 spiro atoms. The largest absolute Gasteiger partial charge is 0.392 e. The third-order valence-electron chi connectivity index (χ3n) is 3.78. The summed E-state index contributed by atoms with van der Waals surface area (Å²) < 4.78 is 11.3. The van der Waals surface area contributed by atoms with Crippen LogP contribution >= 0.6 is 0 Å². The first-order valence-electron chi connectivity index (χ1n) is 6.79. The number of aliphatic hydroxyl groups excluding tert-OH is 1. The van der Waals surface area contributed by atoms with E-state index in [1.54, 1.807) is 18.2 Å². The Morgan fingerprint density at radius 1 is 1.25 bits per heavy atom. The van der Waals surface area contributed by atoms with E-state index < -0.39 is 11.4 Å². The molecule has 2 rings (SSSR count). The van der Waals surface area contributed by atoms with Crippen molar-refractivity contribution in [2.24, 2.45) is 0 Å². The molecule has 0 radical (unpaired) electrons. The van der Waals surface area contributed by atoms with Gasteiger partial charge >= 0.3 is 0 Å². The number of allylic oxidation sites excluding steroid dienone is 2. The quantitative estimate of drug-likeness (QED) is 0.611. The molecule has 0 atom stereocenters. The molecule has 0 aromatic heterocycles. The minimum atomic E-state index is -1.13. The summed E-state index contributed by atoms with van der Waals surface area (Å²) >= 11 is 0. The zero-order valence-electron chi connectivity index (χ0n) is 12.2. The molecule has 110 valence electrons. The summed E-state index contributed by atoms with van der Waals surface area (Å²) in [7, 11) is 0. The summed E-state index contributed by atoms with van der Waals surface area (Å²) in [5.74, 6) is -0.815. The molecular formula is C16H22O4. The lowest BCUT2D eigenvalue weighted by Gasteiger charge is -2.36. The smallest absolute Gasteiger partial charge is 0.208 e. The number of rotatable bonds is 3. The van der Waals surface area contributed by atoms with Gasteiger partial charge in [0.25, 0.3) is 0 Å². The van der Waals surface area contributed by atoms with Gasteiger partial charge in [0, 0.05) is 0 Å². The van der Waals surface area contributed by atoms with E-state index in [2.05, 4.69) is 0 Å². The van der Waals surface area contributed by atoms with Gasteiger partial charge in [-0.2, -0.15) is 0 Å². The molecule has 1 heterocycles. The van der Waals surface area contributed by atoms with Crippen molar-refractivity contribution in [1.29, 1.82) is 0 Å². The van der Waals surface area contributed by atoms with E-state index in [0.717, 1.165) is 16.7 Å². The molecule has 1 aliphatic heterocycles. The fourth-order valence-corrected chi connectivity index (χ4v) is 2.51. The van der Waals surface area contributed by atoms with Gasteiger partial charge in [-0.25, -0.2) is 0 Å². The second-order valence-electron chi connectivity index (χ2n) is 5.30. The molecule has 0 aromatic rings. The molecule has 0 amide bonds. The van der Waals surface area contributed by atoms with Gasteiger partial charge in [0.05, 0.1) is 19.8 Å². The number of aliphatic hydroxyl groups is 2. The van der Waals surface area contributed by atoms with Gasteiger partial charge in [-0.3, -0.25) is 0 Å². The molecule has 1 saturated heterocycles. The Kier molecular flexibility index (Phi) is 4.30. The van der Waals surface area contributed by atoms with E-state index in [1.165, 1.54) is 0 Å². The van der Waals surface area contributed by atoms with Gasteiger partial charge in [0.15, 0.2) is 0 Å². The lowest BCUT2D eigenvalue weighted by atomic mass is 9.80. The Morgan fingerprint density at radius 2 is 1.80 bits per heavy atom. The van der Waals surface area contributed by atoms with Crippen LogP contribution in [0.15, 0.2) is 47.1 Å². The average Bonchev–Trinajstić information content (AvgIpc) is 2.82. The predicted octanol–water partition coefficient (Wildman–Crippen LogP) is 1.86. The summed E-state index contributed by atoms with van der Waals surface area (Å²) in [5.41, 5.74) is 1.31. The lowest BCUT2D eigenvalue weighted by molar-refractivity contribution is -0.0801. The third-order valence-corrected chi connectivity index (χ3v) is 3.78. The molecular weight excluding hydrogens is 256 g/mol. The van der Waals surface area contributed by atoms with Crippen LogP contribution < -0.4 is 0 Å². The Hall–Kier alpha value is -1.20. The first-order valence-corrected chi connectivity index (χ1v) is 6.79. The zero-order chi connectivity index (χ0) is 14.8. The van der Waals surface area contributed by atoms with Crippen molar-refractivity contribution in [3.8, 4) is 0 Å². The maximum Gasteiger partial charge on any atom is 0.208 e.